The number of rotatable bonds is 1. The first-order chi connectivity index (χ1) is 5.52. The third-order valence-electron chi connectivity index (χ3n) is 1.22. The molecule has 0 saturated carbocycles. The van der Waals surface area contributed by atoms with Crippen LogP contribution in [0.25, 0.3) is 0 Å². The predicted octanol–water partition coefficient (Wildman–Crippen LogP) is 2.43. The van der Waals surface area contributed by atoms with E-state index in [0.717, 1.165) is 6.07 Å². The topological polar surface area (TPSA) is 37.3 Å². The van der Waals surface area contributed by atoms with Gasteiger partial charge in [0, 0.05) is 0 Å². The summed E-state index contributed by atoms with van der Waals surface area (Å²) < 4.78 is 25.2. The van der Waals surface area contributed by atoms with Crippen molar-refractivity contribution >= 4 is 21.9 Å². The van der Waals surface area contributed by atoms with Crippen LogP contribution in [0.15, 0.2) is 16.6 Å². The van der Waals surface area contributed by atoms with E-state index in [0.29, 0.717) is 6.07 Å². The molecule has 0 heterocycles. The van der Waals surface area contributed by atoms with Crippen molar-refractivity contribution in [2.24, 2.45) is 0 Å². The molecule has 0 unspecified atom stereocenters. The number of carboxylic acids is 1. The smallest absolute Gasteiger partial charge is 0.338 e. The molecule has 0 aliphatic carbocycles. The lowest BCUT2D eigenvalue weighted by Crippen LogP contribution is -2.01. The second kappa shape index (κ2) is 3.18. The zero-order chi connectivity index (χ0) is 9.30. The van der Waals surface area contributed by atoms with E-state index in [9.17, 15) is 13.6 Å². The van der Waals surface area contributed by atoms with Crippen LogP contribution in [-0.2, 0) is 0 Å². The molecular formula is C7H3BrF2O2. The Bertz CT molecular complexity index is 338. The van der Waals surface area contributed by atoms with Crippen LogP contribution >= 0.6 is 15.9 Å². The quantitative estimate of drug-likeness (QED) is 0.761. The highest BCUT2D eigenvalue weighted by Crippen LogP contribution is 2.20. The molecule has 0 aliphatic rings. The second-order valence-electron chi connectivity index (χ2n) is 2.05. The summed E-state index contributed by atoms with van der Waals surface area (Å²) in [4.78, 5) is 10.3. The largest absolute Gasteiger partial charge is 0.478 e. The van der Waals surface area contributed by atoms with Gasteiger partial charge in [-0.15, -0.1) is 0 Å². The molecule has 12 heavy (non-hydrogen) atoms. The second-order valence-corrected chi connectivity index (χ2v) is 2.91. The first-order valence-corrected chi connectivity index (χ1v) is 3.69. The number of hydrogen-bond acceptors (Lipinski definition) is 1. The summed E-state index contributed by atoms with van der Waals surface area (Å²) in [5.74, 6) is -3.25. The average molecular weight is 237 g/mol. The lowest BCUT2D eigenvalue weighted by atomic mass is 10.2. The van der Waals surface area contributed by atoms with E-state index < -0.39 is 23.2 Å². The van der Waals surface area contributed by atoms with Gasteiger partial charge < -0.3 is 5.11 Å². The van der Waals surface area contributed by atoms with E-state index in [4.69, 9.17) is 5.11 Å². The summed E-state index contributed by atoms with van der Waals surface area (Å²) in [6, 6.07) is 1.49. The summed E-state index contributed by atoms with van der Waals surface area (Å²) in [5, 5.41) is 8.39. The van der Waals surface area contributed by atoms with Gasteiger partial charge in [0.1, 0.15) is 5.82 Å². The van der Waals surface area contributed by atoms with Gasteiger partial charge in [-0.3, -0.25) is 0 Å². The van der Waals surface area contributed by atoms with Crippen LogP contribution < -0.4 is 0 Å². The Balaban J connectivity index is 3.37. The highest BCUT2D eigenvalue weighted by atomic mass is 79.9. The maximum atomic E-state index is 12.8. The fraction of sp³-hybridized carbons (Fsp3) is 0. The van der Waals surface area contributed by atoms with E-state index >= 15 is 0 Å². The lowest BCUT2D eigenvalue weighted by Gasteiger charge is -1.99. The Morgan fingerprint density at radius 3 is 2.50 bits per heavy atom. The molecule has 0 atom stereocenters. The Morgan fingerprint density at radius 1 is 1.42 bits per heavy atom. The normalized spacial score (nSPS) is 9.92. The van der Waals surface area contributed by atoms with Gasteiger partial charge in [-0.1, -0.05) is 0 Å². The zero-order valence-corrected chi connectivity index (χ0v) is 7.23. The molecule has 0 fully saturated rings. The van der Waals surface area contributed by atoms with Crippen molar-refractivity contribution in [3.8, 4) is 0 Å². The number of halogens is 3. The van der Waals surface area contributed by atoms with Crippen LogP contribution in [0.5, 0.6) is 0 Å². The van der Waals surface area contributed by atoms with Gasteiger partial charge in [-0.05, 0) is 28.1 Å². The van der Waals surface area contributed by atoms with Crippen LogP contribution in [0, 0.1) is 11.6 Å². The molecule has 0 aromatic heterocycles. The van der Waals surface area contributed by atoms with Gasteiger partial charge in [0.2, 0.25) is 0 Å². The monoisotopic (exact) mass is 236 g/mol. The van der Waals surface area contributed by atoms with Gasteiger partial charge in [-0.25, -0.2) is 13.6 Å². The minimum absolute atomic E-state index is 0.195. The molecule has 0 saturated heterocycles. The van der Waals surface area contributed by atoms with Crippen molar-refractivity contribution in [1.82, 2.24) is 0 Å². The van der Waals surface area contributed by atoms with E-state index in [1.807, 2.05) is 0 Å². The molecule has 1 N–H and O–H groups in total. The standard InChI is InChI=1S/C7H3BrF2O2/c8-5-2-3(9)1-4(6(5)10)7(11)12/h1-2H,(H,11,12). The zero-order valence-electron chi connectivity index (χ0n) is 5.64. The molecule has 64 valence electrons. The van der Waals surface area contributed by atoms with Gasteiger partial charge in [-0.2, -0.15) is 0 Å². The van der Waals surface area contributed by atoms with Crippen LogP contribution in [0.4, 0.5) is 8.78 Å². The Morgan fingerprint density at radius 2 is 2.00 bits per heavy atom. The molecule has 1 rings (SSSR count). The van der Waals surface area contributed by atoms with Crippen molar-refractivity contribution in [3.63, 3.8) is 0 Å². The first kappa shape index (κ1) is 9.12. The Hall–Kier alpha value is -0.970. The predicted molar refractivity (Wildman–Crippen MR) is 41.0 cm³/mol. The number of aromatic carboxylic acids is 1. The van der Waals surface area contributed by atoms with E-state index in [1.54, 1.807) is 0 Å². The maximum absolute atomic E-state index is 12.8. The highest BCUT2D eigenvalue weighted by Gasteiger charge is 2.14. The van der Waals surface area contributed by atoms with E-state index in [2.05, 4.69) is 15.9 Å². The first-order valence-electron chi connectivity index (χ1n) is 2.90. The molecule has 1 aromatic rings. The van der Waals surface area contributed by atoms with Gasteiger partial charge >= 0.3 is 5.97 Å². The molecule has 0 amide bonds. The van der Waals surface area contributed by atoms with Gasteiger partial charge in [0.25, 0.3) is 0 Å². The molecule has 0 bridgehead atoms. The summed E-state index contributed by atoms with van der Waals surface area (Å²) in [6.45, 7) is 0. The Kier molecular flexibility index (Phi) is 2.42. The highest BCUT2D eigenvalue weighted by molar-refractivity contribution is 9.10. The van der Waals surface area contributed by atoms with Crippen molar-refractivity contribution in [3.05, 3.63) is 33.8 Å². The van der Waals surface area contributed by atoms with Crippen molar-refractivity contribution in [2.75, 3.05) is 0 Å². The third-order valence-corrected chi connectivity index (χ3v) is 1.80. The SMILES string of the molecule is O=C(O)c1cc(F)cc(Br)c1F. The van der Waals surface area contributed by atoms with Crippen molar-refractivity contribution < 1.29 is 18.7 Å². The van der Waals surface area contributed by atoms with E-state index in [1.165, 1.54) is 0 Å². The molecule has 1 aromatic carbocycles. The molecule has 0 radical (unpaired) electrons. The fourth-order valence-corrected chi connectivity index (χ4v) is 1.14. The van der Waals surface area contributed by atoms with Crippen LogP contribution in [-0.4, -0.2) is 11.1 Å². The van der Waals surface area contributed by atoms with Crippen molar-refractivity contribution in [1.29, 1.82) is 0 Å². The summed E-state index contributed by atoms with van der Waals surface area (Å²) in [7, 11) is 0. The molecule has 5 heteroatoms. The van der Waals surface area contributed by atoms with Crippen LogP contribution in [0.2, 0.25) is 0 Å². The molecular weight excluding hydrogens is 234 g/mol. The van der Waals surface area contributed by atoms with Crippen LogP contribution in [0.1, 0.15) is 10.4 Å². The van der Waals surface area contributed by atoms with Gasteiger partial charge in [0.05, 0.1) is 10.0 Å². The minimum Gasteiger partial charge on any atom is -0.478 e. The summed E-state index contributed by atoms with van der Waals surface area (Å²) in [5.41, 5.74) is -0.679. The summed E-state index contributed by atoms with van der Waals surface area (Å²) >= 11 is 2.69. The number of carbonyl (C=O) groups is 1. The molecule has 0 aliphatic heterocycles. The Labute approximate surface area is 75.0 Å². The van der Waals surface area contributed by atoms with Crippen LogP contribution in [0.3, 0.4) is 0 Å². The average Bonchev–Trinajstić information content (AvgIpc) is 1.96. The summed E-state index contributed by atoms with van der Waals surface area (Å²) in [6.07, 6.45) is 0. The molecule has 0 spiro atoms. The van der Waals surface area contributed by atoms with E-state index in [-0.39, 0.29) is 4.47 Å². The number of carboxylic acid groups (broad SMARTS) is 1. The third kappa shape index (κ3) is 1.61. The lowest BCUT2D eigenvalue weighted by molar-refractivity contribution is 0.0691. The van der Waals surface area contributed by atoms with Crippen molar-refractivity contribution in [2.45, 2.75) is 0 Å². The van der Waals surface area contributed by atoms with Gasteiger partial charge in [0.15, 0.2) is 5.82 Å². The molecule has 2 nitrogen and oxygen atoms in total. The number of hydrogen-bond donors (Lipinski definition) is 1. The number of benzene rings is 1. The minimum atomic E-state index is -1.49. The maximum Gasteiger partial charge on any atom is 0.338 e. The fourth-order valence-electron chi connectivity index (χ4n) is 0.712.